The normalized spacial score (nSPS) is 21.5. The maximum absolute atomic E-state index is 13.5. The second-order valence-electron chi connectivity index (χ2n) is 4.24. The molecule has 18 heavy (non-hydrogen) atoms. The van der Waals surface area contributed by atoms with Gasteiger partial charge < -0.3 is 9.47 Å². The predicted octanol–water partition coefficient (Wildman–Crippen LogP) is 3.17. The van der Waals surface area contributed by atoms with Crippen LogP contribution in [-0.2, 0) is 9.53 Å². The number of halogens is 2. The van der Waals surface area contributed by atoms with E-state index in [4.69, 9.17) is 9.47 Å². The van der Waals surface area contributed by atoms with Crippen LogP contribution in [0.3, 0.4) is 0 Å². The van der Waals surface area contributed by atoms with Crippen LogP contribution in [0, 0.1) is 17.7 Å². The van der Waals surface area contributed by atoms with Gasteiger partial charge in [0, 0.05) is 10.4 Å². The van der Waals surface area contributed by atoms with Gasteiger partial charge in [0.1, 0.15) is 0 Å². The van der Waals surface area contributed by atoms with Gasteiger partial charge in [0.25, 0.3) is 0 Å². The van der Waals surface area contributed by atoms with Gasteiger partial charge in [0.2, 0.25) is 0 Å². The van der Waals surface area contributed by atoms with Crippen molar-refractivity contribution >= 4 is 21.9 Å². The molecule has 0 N–H and O–H groups in total. The highest BCUT2D eigenvalue weighted by molar-refractivity contribution is 9.10. The standard InChI is InChI=1S/C13H14BrFO3/c1-2-17-13(16)10-5-8(10)7-18-12-4-3-9(14)6-11(12)15/h3-4,6,8,10H,2,5,7H2,1H3. The van der Waals surface area contributed by atoms with Gasteiger partial charge in [0.05, 0.1) is 19.1 Å². The molecule has 98 valence electrons. The summed E-state index contributed by atoms with van der Waals surface area (Å²) in [5.41, 5.74) is 0. The van der Waals surface area contributed by atoms with Crippen molar-refractivity contribution in [3.05, 3.63) is 28.5 Å². The molecular formula is C13H14BrFO3. The van der Waals surface area contributed by atoms with E-state index in [1.165, 1.54) is 6.07 Å². The van der Waals surface area contributed by atoms with Crippen molar-refractivity contribution in [1.29, 1.82) is 0 Å². The van der Waals surface area contributed by atoms with Crippen molar-refractivity contribution in [3.8, 4) is 5.75 Å². The maximum Gasteiger partial charge on any atom is 0.309 e. The zero-order valence-corrected chi connectivity index (χ0v) is 11.6. The van der Waals surface area contributed by atoms with E-state index in [1.807, 2.05) is 0 Å². The molecule has 0 heterocycles. The van der Waals surface area contributed by atoms with Gasteiger partial charge in [-0.2, -0.15) is 0 Å². The van der Waals surface area contributed by atoms with E-state index in [0.717, 1.165) is 6.42 Å². The summed E-state index contributed by atoms with van der Waals surface area (Å²) >= 11 is 3.18. The first-order valence-electron chi connectivity index (χ1n) is 5.86. The Kier molecular flexibility index (Phi) is 4.22. The number of esters is 1. The van der Waals surface area contributed by atoms with Crippen molar-refractivity contribution in [2.24, 2.45) is 11.8 Å². The molecule has 1 aliphatic rings. The first-order chi connectivity index (χ1) is 8.61. The number of carbonyl (C=O) groups is 1. The number of benzene rings is 1. The fourth-order valence-corrected chi connectivity index (χ4v) is 2.09. The lowest BCUT2D eigenvalue weighted by Crippen LogP contribution is -2.10. The summed E-state index contributed by atoms with van der Waals surface area (Å²) in [7, 11) is 0. The molecule has 0 amide bonds. The van der Waals surface area contributed by atoms with Gasteiger partial charge in [0.15, 0.2) is 11.6 Å². The summed E-state index contributed by atoms with van der Waals surface area (Å²) < 4.78 is 24.4. The van der Waals surface area contributed by atoms with E-state index in [1.54, 1.807) is 19.1 Å². The van der Waals surface area contributed by atoms with Crippen LogP contribution in [0.15, 0.2) is 22.7 Å². The summed E-state index contributed by atoms with van der Waals surface area (Å²) in [6, 6.07) is 4.64. The van der Waals surface area contributed by atoms with Gasteiger partial charge in [-0.25, -0.2) is 4.39 Å². The Morgan fingerprint density at radius 1 is 1.56 bits per heavy atom. The fourth-order valence-electron chi connectivity index (χ4n) is 1.76. The van der Waals surface area contributed by atoms with Crippen LogP contribution in [0.4, 0.5) is 4.39 Å². The van der Waals surface area contributed by atoms with Crippen molar-refractivity contribution in [1.82, 2.24) is 0 Å². The van der Waals surface area contributed by atoms with E-state index in [0.29, 0.717) is 17.7 Å². The minimum Gasteiger partial charge on any atom is -0.490 e. The number of hydrogen-bond acceptors (Lipinski definition) is 3. The molecule has 2 rings (SSSR count). The van der Waals surface area contributed by atoms with E-state index in [-0.39, 0.29) is 23.6 Å². The molecule has 2 unspecified atom stereocenters. The van der Waals surface area contributed by atoms with E-state index in [2.05, 4.69) is 15.9 Å². The van der Waals surface area contributed by atoms with Gasteiger partial charge in [-0.1, -0.05) is 15.9 Å². The average Bonchev–Trinajstić information content (AvgIpc) is 3.08. The van der Waals surface area contributed by atoms with E-state index in [9.17, 15) is 9.18 Å². The second kappa shape index (κ2) is 5.69. The van der Waals surface area contributed by atoms with Crippen LogP contribution in [-0.4, -0.2) is 19.2 Å². The molecule has 0 radical (unpaired) electrons. The van der Waals surface area contributed by atoms with Gasteiger partial charge in [-0.05, 0) is 31.5 Å². The average molecular weight is 317 g/mol. The van der Waals surface area contributed by atoms with Gasteiger partial charge in [-0.3, -0.25) is 4.79 Å². The highest BCUT2D eigenvalue weighted by Crippen LogP contribution is 2.40. The Hall–Kier alpha value is -1.10. The largest absolute Gasteiger partial charge is 0.490 e. The summed E-state index contributed by atoms with van der Waals surface area (Å²) in [5.74, 6) is -0.302. The second-order valence-corrected chi connectivity index (χ2v) is 5.16. The van der Waals surface area contributed by atoms with Crippen molar-refractivity contribution in [2.75, 3.05) is 13.2 Å². The lowest BCUT2D eigenvalue weighted by molar-refractivity contribution is -0.145. The van der Waals surface area contributed by atoms with Crippen LogP contribution >= 0.6 is 15.9 Å². The fraction of sp³-hybridized carbons (Fsp3) is 0.462. The van der Waals surface area contributed by atoms with Crippen LogP contribution in [0.5, 0.6) is 5.75 Å². The highest BCUT2D eigenvalue weighted by Gasteiger charge is 2.44. The molecule has 3 nitrogen and oxygen atoms in total. The number of rotatable bonds is 5. The van der Waals surface area contributed by atoms with Crippen molar-refractivity contribution in [2.45, 2.75) is 13.3 Å². The minimum atomic E-state index is -0.405. The van der Waals surface area contributed by atoms with Crippen molar-refractivity contribution < 1.29 is 18.7 Å². The zero-order valence-electron chi connectivity index (χ0n) is 9.99. The van der Waals surface area contributed by atoms with Crippen LogP contribution in [0.1, 0.15) is 13.3 Å². The quantitative estimate of drug-likeness (QED) is 0.783. The molecule has 1 fully saturated rings. The molecule has 1 aromatic carbocycles. The van der Waals surface area contributed by atoms with Crippen LogP contribution < -0.4 is 4.74 Å². The molecule has 0 spiro atoms. The third kappa shape index (κ3) is 3.22. The van der Waals surface area contributed by atoms with E-state index < -0.39 is 5.82 Å². The molecule has 0 bridgehead atoms. The van der Waals surface area contributed by atoms with Crippen LogP contribution in [0.2, 0.25) is 0 Å². The summed E-state index contributed by atoms with van der Waals surface area (Å²) in [4.78, 5) is 11.4. The van der Waals surface area contributed by atoms with E-state index >= 15 is 0 Å². The smallest absolute Gasteiger partial charge is 0.309 e. The Labute approximate surface area is 113 Å². The van der Waals surface area contributed by atoms with Crippen molar-refractivity contribution in [3.63, 3.8) is 0 Å². The molecule has 0 aliphatic heterocycles. The molecule has 2 atom stereocenters. The lowest BCUT2D eigenvalue weighted by Gasteiger charge is -2.07. The molecule has 5 heteroatoms. The zero-order chi connectivity index (χ0) is 13.1. The molecular weight excluding hydrogens is 303 g/mol. The first kappa shape index (κ1) is 13.3. The number of ether oxygens (including phenoxy) is 2. The monoisotopic (exact) mass is 316 g/mol. The highest BCUT2D eigenvalue weighted by atomic mass is 79.9. The third-order valence-electron chi connectivity index (χ3n) is 2.86. The Bertz CT molecular complexity index is 450. The number of carbonyl (C=O) groups excluding carboxylic acids is 1. The topological polar surface area (TPSA) is 35.5 Å². The maximum atomic E-state index is 13.5. The minimum absolute atomic E-state index is 0.0801. The predicted molar refractivity (Wildman–Crippen MR) is 67.8 cm³/mol. The SMILES string of the molecule is CCOC(=O)C1CC1COc1ccc(Br)cc1F. The Morgan fingerprint density at radius 3 is 3.00 bits per heavy atom. The molecule has 1 aromatic rings. The summed E-state index contributed by atoms with van der Waals surface area (Å²) in [5, 5.41) is 0. The molecule has 0 saturated heterocycles. The third-order valence-corrected chi connectivity index (χ3v) is 3.35. The van der Waals surface area contributed by atoms with Crippen LogP contribution in [0.25, 0.3) is 0 Å². The van der Waals surface area contributed by atoms with Gasteiger partial charge in [-0.15, -0.1) is 0 Å². The molecule has 0 aromatic heterocycles. The Balaban J connectivity index is 1.81. The lowest BCUT2D eigenvalue weighted by atomic mass is 10.3. The van der Waals surface area contributed by atoms with Gasteiger partial charge >= 0.3 is 5.97 Å². The summed E-state index contributed by atoms with van der Waals surface area (Å²) in [6.07, 6.45) is 0.761. The summed E-state index contributed by atoms with van der Waals surface area (Å²) in [6.45, 7) is 2.52. The molecule has 1 aliphatic carbocycles. The Morgan fingerprint density at radius 2 is 2.33 bits per heavy atom. The number of hydrogen-bond donors (Lipinski definition) is 0. The first-order valence-corrected chi connectivity index (χ1v) is 6.65. The molecule has 1 saturated carbocycles.